The predicted molar refractivity (Wildman–Crippen MR) is 71.0 cm³/mol. The van der Waals surface area contributed by atoms with Gasteiger partial charge in [-0.3, -0.25) is 0 Å². The second kappa shape index (κ2) is 4.35. The van der Waals surface area contributed by atoms with Gasteiger partial charge in [0, 0.05) is 18.3 Å². The Morgan fingerprint density at radius 2 is 1.79 bits per heavy atom. The third-order valence-electron chi connectivity index (χ3n) is 2.99. The van der Waals surface area contributed by atoms with Gasteiger partial charge in [-0.15, -0.1) is 0 Å². The van der Waals surface area contributed by atoms with Gasteiger partial charge in [-0.1, -0.05) is 0 Å². The monoisotopic (exact) mass is 259 g/mol. The lowest BCUT2D eigenvalue weighted by Crippen LogP contribution is -1.87. The highest BCUT2D eigenvalue weighted by atomic mass is 19.2. The van der Waals surface area contributed by atoms with Gasteiger partial charge in [0.2, 0.25) is 0 Å². The fourth-order valence-electron chi connectivity index (χ4n) is 1.95. The summed E-state index contributed by atoms with van der Waals surface area (Å²) < 4.78 is 26.7. The van der Waals surface area contributed by atoms with Crippen molar-refractivity contribution in [2.45, 2.75) is 0 Å². The Labute approximate surface area is 108 Å². The molecule has 1 aromatic heterocycles. The van der Waals surface area contributed by atoms with E-state index in [2.05, 4.69) is 15.3 Å². The Balaban J connectivity index is 2.12. The number of hydrogen-bond donors (Lipinski definition) is 2. The fourth-order valence-corrected chi connectivity index (χ4v) is 1.95. The fraction of sp³-hybridized carbons (Fsp3) is 0.0714. The zero-order chi connectivity index (χ0) is 13.4. The molecule has 19 heavy (non-hydrogen) atoms. The number of nitrogens with one attached hydrogen (secondary N) is 2. The molecule has 1 heterocycles. The summed E-state index contributed by atoms with van der Waals surface area (Å²) in [6.07, 6.45) is 0. The van der Waals surface area contributed by atoms with Crippen LogP contribution in [-0.4, -0.2) is 17.0 Å². The molecule has 3 aromatic rings. The molecule has 0 bridgehead atoms. The average Bonchev–Trinajstić information content (AvgIpc) is 2.88. The summed E-state index contributed by atoms with van der Waals surface area (Å²) in [4.78, 5) is 7.09. The molecule has 0 saturated heterocycles. The maximum atomic E-state index is 13.6. The van der Waals surface area contributed by atoms with E-state index in [-0.39, 0.29) is 5.52 Å². The van der Waals surface area contributed by atoms with E-state index in [0.29, 0.717) is 11.3 Å². The Bertz CT molecular complexity index is 732. The number of H-pyrrole nitrogens is 1. The maximum Gasteiger partial charge on any atom is 0.186 e. The third kappa shape index (κ3) is 1.93. The smallest absolute Gasteiger partial charge is 0.186 e. The van der Waals surface area contributed by atoms with Gasteiger partial charge in [0.15, 0.2) is 11.6 Å². The van der Waals surface area contributed by atoms with E-state index in [1.807, 2.05) is 31.3 Å². The van der Waals surface area contributed by atoms with Crippen molar-refractivity contribution in [2.24, 2.45) is 0 Å². The van der Waals surface area contributed by atoms with Gasteiger partial charge in [-0.25, -0.2) is 13.8 Å². The van der Waals surface area contributed by atoms with Gasteiger partial charge in [-0.2, -0.15) is 0 Å². The molecule has 0 amide bonds. The van der Waals surface area contributed by atoms with Gasteiger partial charge < -0.3 is 10.3 Å². The van der Waals surface area contributed by atoms with Crippen LogP contribution in [0.25, 0.3) is 22.4 Å². The average molecular weight is 259 g/mol. The minimum Gasteiger partial charge on any atom is -0.388 e. The number of aromatic amines is 1. The summed E-state index contributed by atoms with van der Waals surface area (Å²) in [5.74, 6) is -1.30. The Morgan fingerprint density at radius 3 is 2.47 bits per heavy atom. The summed E-state index contributed by atoms with van der Waals surface area (Å²) in [5.41, 5.74) is 2.28. The van der Waals surface area contributed by atoms with E-state index in [0.717, 1.165) is 17.3 Å². The number of fused-ring (bicyclic) bond motifs is 1. The lowest BCUT2D eigenvalue weighted by molar-refractivity contribution is 0.515. The van der Waals surface area contributed by atoms with Crippen molar-refractivity contribution in [3.8, 4) is 11.4 Å². The van der Waals surface area contributed by atoms with Crippen molar-refractivity contribution in [3.05, 3.63) is 48.0 Å². The summed E-state index contributed by atoms with van der Waals surface area (Å²) in [6.45, 7) is 0. The van der Waals surface area contributed by atoms with E-state index in [4.69, 9.17) is 0 Å². The molecule has 5 heteroatoms. The van der Waals surface area contributed by atoms with Gasteiger partial charge in [0.05, 0.1) is 5.52 Å². The molecule has 2 N–H and O–H groups in total. The van der Waals surface area contributed by atoms with Crippen LogP contribution < -0.4 is 5.32 Å². The lowest BCUT2D eigenvalue weighted by atomic mass is 10.2. The highest BCUT2D eigenvalue weighted by Gasteiger charge is 2.12. The standard InChI is InChI=1S/C14H11F2N3/c1-17-9-4-2-8(3-5-9)14-18-11-7-6-10(15)12(16)13(11)19-14/h2-7,17H,1H3,(H,18,19). The third-order valence-corrected chi connectivity index (χ3v) is 2.99. The molecule has 3 rings (SSSR count). The Kier molecular flexibility index (Phi) is 2.67. The molecule has 0 fully saturated rings. The highest BCUT2D eigenvalue weighted by Crippen LogP contribution is 2.24. The van der Waals surface area contributed by atoms with Crippen molar-refractivity contribution < 1.29 is 8.78 Å². The van der Waals surface area contributed by atoms with Gasteiger partial charge in [0.1, 0.15) is 11.3 Å². The van der Waals surface area contributed by atoms with Crippen molar-refractivity contribution in [1.29, 1.82) is 0 Å². The predicted octanol–water partition coefficient (Wildman–Crippen LogP) is 3.55. The molecule has 96 valence electrons. The van der Waals surface area contributed by atoms with Crippen molar-refractivity contribution in [2.75, 3.05) is 12.4 Å². The SMILES string of the molecule is CNc1ccc(-c2nc3c(F)c(F)ccc3[nH]2)cc1. The summed E-state index contributed by atoms with van der Waals surface area (Å²) >= 11 is 0. The number of benzene rings is 2. The van der Waals surface area contributed by atoms with Crippen molar-refractivity contribution in [1.82, 2.24) is 9.97 Å². The lowest BCUT2D eigenvalue weighted by Gasteiger charge is -2.00. The number of aromatic nitrogens is 2. The first-order chi connectivity index (χ1) is 9.19. The molecule has 0 aliphatic rings. The first kappa shape index (κ1) is 11.6. The number of hydrogen-bond acceptors (Lipinski definition) is 2. The molecule has 0 saturated carbocycles. The Morgan fingerprint density at radius 1 is 1.05 bits per heavy atom. The number of imidazole rings is 1. The van der Waals surface area contributed by atoms with Gasteiger partial charge >= 0.3 is 0 Å². The zero-order valence-electron chi connectivity index (χ0n) is 10.2. The number of nitrogens with zero attached hydrogens (tertiary/aromatic N) is 1. The molecular weight excluding hydrogens is 248 g/mol. The van der Waals surface area contributed by atoms with Gasteiger partial charge in [0.25, 0.3) is 0 Å². The second-order valence-corrected chi connectivity index (χ2v) is 4.17. The van der Waals surface area contributed by atoms with Gasteiger partial charge in [-0.05, 0) is 36.4 Å². The second-order valence-electron chi connectivity index (χ2n) is 4.17. The molecule has 0 aliphatic heterocycles. The van der Waals surface area contributed by atoms with Crippen LogP contribution in [-0.2, 0) is 0 Å². The first-order valence-corrected chi connectivity index (χ1v) is 5.81. The van der Waals surface area contributed by atoms with Crippen LogP contribution in [0.2, 0.25) is 0 Å². The largest absolute Gasteiger partial charge is 0.388 e. The molecule has 0 spiro atoms. The van der Waals surface area contributed by atoms with Crippen molar-refractivity contribution in [3.63, 3.8) is 0 Å². The summed E-state index contributed by atoms with van der Waals surface area (Å²) in [5, 5.41) is 3.01. The summed E-state index contributed by atoms with van der Waals surface area (Å²) in [6, 6.07) is 10.1. The number of rotatable bonds is 2. The molecule has 0 atom stereocenters. The normalized spacial score (nSPS) is 10.9. The number of halogens is 2. The van der Waals surface area contributed by atoms with Crippen molar-refractivity contribution >= 4 is 16.7 Å². The highest BCUT2D eigenvalue weighted by molar-refractivity contribution is 5.80. The van der Waals surface area contributed by atoms with Crippen LogP contribution in [0.3, 0.4) is 0 Å². The van der Waals surface area contributed by atoms with E-state index >= 15 is 0 Å². The van der Waals surface area contributed by atoms with Crippen LogP contribution in [0.5, 0.6) is 0 Å². The zero-order valence-corrected chi connectivity index (χ0v) is 10.2. The Hall–Kier alpha value is -2.43. The topological polar surface area (TPSA) is 40.7 Å². The summed E-state index contributed by atoms with van der Waals surface area (Å²) in [7, 11) is 1.83. The van der Waals surface area contributed by atoms with E-state index in [1.54, 1.807) is 0 Å². The molecule has 0 radical (unpaired) electrons. The maximum absolute atomic E-state index is 13.6. The first-order valence-electron chi connectivity index (χ1n) is 5.81. The van der Waals surface area contributed by atoms with Crippen LogP contribution in [0.1, 0.15) is 0 Å². The molecule has 0 aliphatic carbocycles. The van der Waals surface area contributed by atoms with Crippen LogP contribution in [0.15, 0.2) is 36.4 Å². The van der Waals surface area contributed by atoms with E-state index in [9.17, 15) is 8.78 Å². The molecular formula is C14H11F2N3. The minimum absolute atomic E-state index is 0.0210. The van der Waals surface area contributed by atoms with E-state index in [1.165, 1.54) is 6.07 Å². The molecule has 0 unspecified atom stereocenters. The van der Waals surface area contributed by atoms with Crippen LogP contribution >= 0.6 is 0 Å². The quantitative estimate of drug-likeness (QED) is 0.739. The number of anilines is 1. The minimum atomic E-state index is -0.924. The van der Waals surface area contributed by atoms with Crippen LogP contribution in [0, 0.1) is 11.6 Å². The van der Waals surface area contributed by atoms with Crippen LogP contribution in [0.4, 0.5) is 14.5 Å². The molecule has 2 aromatic carbocycles. The molecule has 3 nitrogen and oxygen atoms in total. The van der Waals surface area contributed by atoms with E-state index < -0.39 is 11.6 Å².